The maximum atomic E-state index is 12.0. The van der Waals surface area contributed by atoms with Gasteiger partial charge in [-0.15, -0.1) is 0 Å². The lowest BCUT2D eigenvalue weighted by Gasteiger charge is -2.30. The Morgan fingerprint density at radius 1 is 1.30 bits per heavy atom. The van der Waals surface area contributed by atoms with Crippen molar-refractivity contribution in [2.75, 3.05) is 11.4 Å². The van der Waals surface area contributed by atoms with E-state index >= 15 is 0 Å². The third kappa shape index (κ3) is 2.22. The minimum atomic E-state index is 0.247. The first kappa shape index (κ1) is 12.9. The molecule has 0 atom stereocenters. The molecule has 1 aromatic carbocycles. The molecule has 4 nitrogen and oxygen atoms in total. The van der Waals surface area contributed by atoms with Gasteiger partial charge >= 0.3 is 0 Å². The molecule has 1 aromatic heterocycles. The number of carbonyl (C=O) groups excluding carboxylic acids is 1. The van der Waals surface area contributed by atoms with Crippen LogP contribution in [0.25, 0.3) is 0 Å². The summed E-state index contributed by atoms with van der Waals surface area (Å²) in [5.41, 5.74) is 4.14. The number of nitrogens with zero attached hydrogens (tertiary/aromatic N) is 3. The molecule has 0 fully saturated rings. The number of rotatable bonds is 3. The van der Waals surface area contributed by atoms with E-state index in [1.807, 2.05) is 35.9 Å². The molecule has 0 aliphatic carbocycles. The number of aromatic nitrogens is 2. The first-order valence-electron chi connectivity index (χ1n) is 7.09. The molecule has 0 saturated heterocycles. The highest BCUT2D eigenvalue weighted by molar-refractivity contribution is 6.03. The van der Waals surface area contributed by atoms with Gasteiger partial charge < -0.3 is 4.90 Å². The molecular weight excluding hydrogens is 250 g/mol. The van der Waals surface area contributed by atoms with Crippen molar-refractivity contribution in [1.29, 1.82) is 0 Å². The van der Waals surface area contributed by atoms with Gasteiger partial charge in [-0.1, -0.05) is 12.1 Å². The molecule has 0 spiro atoms. The summed E-state index contributed by atoms with van der Waals surface area (Å²) in [4.78, 5) is 14.2. The van der Waals surface area contributed by atoms with Crippen molar-refractivity contribution >= 4 is 11.5 Å². The average molecular weight is 269 g/mol. The van der Waals surface area contributed by atoms with Gasteiger partial charge in [-0.25, -0.2) is 0 Å². The highest BCUT2D eigenvalue weighted by Crippen LogP contribution is 2.28. The van der Waals surface area contributed by atoms with Crippen molar-refractivity contribution in [2.24, 2.45) is 0 Å². The third-order valence-electron chi connectivity index (χ3n) is 3.79. The molecule has 0 unspecified atom stereocenters. The summed E-state index contributed by atoms with van der Waals surface area (Å²) in [7, 11) is 0. The predicted octanol–water partition coefficient (Wildman–Crippen LogP) is 2.80. The van der Waals surface area contributed by atoms with Gasteiger partial charge in [-0.2, -0.15) is 5.10 Å². The lowest BCUT2D eigenvalue weighted by Crippen LogP contribution is -2.32. The van der Waals surface area contributed by atoms with Crippen LogP contribution < -0.4 is 4.90 Å². The molecule has 1 aliphatic heterocycles. The second-order valence-electron chi connectivity index (χ2n) is 5.20. The molecule has 4 heteroatoms. The second-order valence-corrected chi connectivity index (χ2v) is 5.20. The van der Waals surface area contributed by atoms with Crippen LogP contribution in [0, 0.1) is 6.92 Å². The van der Waals surface area contributed by atoms with Crippen molar-refractivity contribution < 1.29 is 4.79 Å². The Morgan fingerprint density at radius 3 is 2.90 bits per heavy atom. The monoisotopic (exact) mass is 269 g/mol. The molecule has 0 saturated carbocycles. The Balaban J connectivity index is 1.92. The van der Waals surface area contributed by atoms with Crippen LogP contribution >= 0.6 is 0 Å². The van der Waals surface area contributed by atoms with E-state index in [2.05, 4.69) is 23.0 Å². The molecule has 104 valence electrons. The van der Waals surface area contributed by atoms with Crippen LogP contribution in [0.5, 0.6) is 0 Å². The molecule has 1 aliphatic rings. The van der Waals surface area contributed by atoms with Gasteiger partial charge in [0, 0.05) is 30.8 Å². The molecule has 2 heterocycles. The van der Waals surface area contributed by atoms with E-state index < -0.39 is 0 Å². The summed E-state index contributed by atoms with van der Waals surface area (Å²) in [6.07, 6.45) is 0.594. The number of hydrogen-bond donors (Lipinski definition) is 0. The van der Waals surface area contributed by atoms with Gasteiger partial charge in [-0.05, 0) is 32.0 Å². The maximum Gasteiger partial charge on any atom is 0.166 e. The van der Waals surface area contributed by atoms with Gasteiger partial charge in [-0.3, -0.25) is 9.48 Å². The zero-order valence-corrected chi connectivity index (χ0v) is 12.0. The minimum Gasteiger partial charge on any atom is -0.365 e. The fraction of sp³-hybridized carbons (Fsp3) is 0.375. The zero-order chi connectivity index (χ0) is 14.1. The van der Waals surface area contributed by atoms with Crippen molar-refractivity contribution in [2.45, 2.75) is 33.4 Å². The van der Waals surface area contributed by atoms with Crippen molar-refractivity contribution in [3.05, 3.63) is 47.3 Å². The van der Waals surface area contributed by atoms with Gasteiger partial charge in [0.2, 0.25) is 0 Å². The Kier molecular flexibility index (Phi) is 3.30. The van der Waals surface area contributed by atoms with E-state index in [0.717, 1.165) is 36.6 Å². The van der Waals surface area contributed by atoms with E-state index in [4.69, 9.17) is 0 Å². The summed E-state index contributed by atoms with van der Waals surface area (Å²) in [5.74, 6) is 0.247. The highest BCUT2D eigenvalue weighted by atomic mass is 16.1. The summed E-state index contributed by atoms with van der Waals surface area (Å²) in [5, 5.41) is 4.49. The van der Waals surface area contributed by atoms with Crippen LogP contribution in [0.15, 0.2) is 30.3 Å². The van der Waals surface area contributed by atoms with Crippen LogP contribution in [0.1, 0.15) is 35.1 Å². The van der Waals surface area contributed by atoms with Crippen LogP contribution in [-0.2, 0) is 13.1 Å². The van der Waals surface area contributed by atoms with Gasteiger partial charge in [0.15, 0.2) is 5.78 Å². The highest BCUT2D eigenvalue weighted by Gasteiger charge is 2.23. The summed E-state index contributed by atoms with van der Waals surface area (Å²) >= 11 is 0. The normalized spacial score (nSPS) is 14.5. The molecule has 0 bridgehead atoms. The fourth-order valence-electron chi connectivity index (χ4n) is 2.84. The number of carbonyl (C=O) groups is 1. The smallest absolute Gasteiger partial charge is 0.166 e. The van der Waals surface area contributed by atoms with E-state index in [0.29, 0.717) is 6.42 Å². The van der Waals surface area contributed by atoms with Gasteiger partial charge in [0.1, 0.15) is 0 Å². The SMILES string of the molecule is CCn1nc(C)cc1CN1CCC(=O)c2ccccc21. The lowest BCUT2D eigenvalue weighted by molar-refractivity contribution is 0.0979. The van der Waals surface area contributed by atoms with Crippen molar-refractivity contribution in [1.82, 2.24) is 9.78 Å². The lowest BCUT2D eigenvalue weighted by atomic mass is 10.0. The molecule has 20 heavy (non-hydrogen) atoms. The van der Waals surface area contributed by atoms with Crippen LogP contribution in [0.2, 0.25) is 0 Å². The number of hydrogen-bond acceptors (Lipinski definition) is 3. The topological polar surface area (TPSA) is 38.1 Å². The number of para-hydroxylation sites is 1. The number of anilines is 1. The summed E-state index contributed by atoms with van der Waals surface area (Å²) < 4.78 is 2.04. The molecule has 0 N–H and O–H groups in total. The minimum absolute atomic E-state index is 0.247. The van der Waals surface area contributed by atoms with Gasteiger partial charge in [0.05, 0.1) is 17.9 Å². The number of Topliss-reactive ketones (excluding diaryl/α,β-unsaturated/α-hetero) is 1. The first-order valence-corrected chi connectivity index (χ1v) is 7.09. The van der Waals surface area contributed by atoms with E-state index in [1.54, 1.807) is 0 Å². The van der Waals surface area contributed by atoms with Crippen LogP contribution in [0.4, 0.5) is 5.69 Å². The summed E-state index contributed by atoms with van der Waals surface area (Å²) in [6.45, 7) is 6.58. The Morgan fingerprint density at radius 2 is 2.10 bits per heavy atom. The Bertz CT molecular complexity index is 645. The Labute approximate surface area is 119 Å². The maximum absolute atomic E-state index is 12.0. The zero-order valence-electron chi connectivity index (χ0n) is 12.0. The second kappa shape index (κ2) is 5.12. The number of ketones is 1. The van der Waals surface area contributed by atoms with Crippen LogP contribution in [-0.4, -0.2) is 22.1 Å². The van der Waals surface area contributed by atoms with E-state index in [1.165, 1.54) is 5.69 Å². The van der Waals surface area contributed by atoms with Crippen molar-refractivity contribution in [3.63, 3.8) is 0 Å². The molecule has 3 rings (SSSR count). The van der Waals surface area contributed by atoms with E-state index in [-0.39, 0.29) is 5.78 Å². The predicted molar refractivity (Wildman–Crippen MR) is 79.1 cm³/mol. The largest absolute Gasteiger partial charge is 0.365 e. The standard InChI is InChI=1S/C16H19N3O/c1-3-19-13(10-12(2)17-19)11-18-9-8-16(20)14-6-4-5-7-15(14)18/h4-7,10H,3,8-9,11H2,1-2H3. The van der Waals surface area contributed by atoms with Gasteiger partial charge in [0.25, 0.3) is 0 Å². The fourth-order valence-corrected chi connectivity index (χ4v) is 2.84. The number of fused-ring (bicyclic) bond motifs is 1. The quantitative estimate of drug-likeness (QED) is 0.860. The average Bonchev–Trinajstić information content (AvgIpc) is 2.82. The third-order valence-corrected chi connectivity index (χ3v) is 3.79. The van der Waals surface area contributed by atoms with Crippen LogP contribution in [0.3, 0.4) is 0 Å². The van der Waals surface area contributed by atoms with E-state index in [9.17, 15) is 4.79 Å². The summed E-state index contributed by atoms with van der Waals surface area (Å²) in [6, 6.07) is 10.0. The molecule has 0 radical (unpaired) electrons. The molecule has 0 amide bonds. The molecular formula is C16H19N3O. The Hall–Kier alpha value is -2.10. The number of benzene rings is 1. The van der Waals surface area contributed by atoms with Crippen molar-refractivity contribution in [3.8, 4) is 0 Å². The molecule has 2 aromatic rings. The number of aryl methyl sites for hydroxylation is 2. The first-order chi connectivity index (χ1) is 9.69.